The molecular weight excluding hydrogens is 264 g/mol. The van der Waals surface area contributed by atoms with E-state index in [1.54, 1.807) is 7.11 Å². The molecule has 1 aromatic carbocycles. The molecule has 2 rings (SSSR count). The van der Waals surface area contributed by atoms with Crippen LogP contribution in [0.3, 0.4) is 0 Å². The number of hydrogen-bond acceptors (Lipinski definition) is 4. The molecule has 4 nitrogen and oxygen atoms in total. The maximum absolute atomic E-state index is 5.73. The van der Waals surface area contributed by atoms with Crippen molar-refractivity contribution < 1.29 is 9.47 Å². The van der Waals surface area contributed by atoms with E-state index in [2.05, 4.69) is 24.4 Å². The van der Waals surface area contributed by atoms with E-state index < -0.39 is 0 Å². The molecule has 1 aromatic heterocycles. The fraction of sp³-hybridized carbons (Fsp3) is 0.471. The molecule has 0 amide bonds. The topological polar surface area (TPSA) is 43.4 Å². The Labute approximate surface area is 126 Å². The summed E-state index contributed by atoms with van der Waals surface area (Å²) in [5.74, 6) is 0.933. The molecule has 0 radical (unpaired) electrons. The molecule has 114 valence electrons. The van der Waals surface area contributed by atoms with Gasteiger partial charge in [0, 0.05) is 37.8 Å². The first kappa shape index (κ1) is 15.7. The third-order valence-electron chi connectivity index (χ3n) is 3.24. The van der Waals surface area contributed by atoms with Gasteiger partial charge < -0.3 is 14.8 Å². The van der Waals surface area contributed by atoms with Crippen LogP contribution in [0.5, 0.6) is 0 Å². The first-order valence-corrected chi connectivity index (χ1v) is 7.54. The van der Waals surface area contributed by atoms with Crippen LogP contribution in [-0.4, -0.2) is 31.9 Å². The lowest BCUT2D eigenvalue weighted by atomic mass is 10.1. The van der Waals surface area contributed by atoms with Crippen LogP contribution in [0.1, 0.15) is 25.3 Å². The summed E-state index contributed by atoms with van der Waals surface area (Å²) in [4.78, 5) is 4.71. The number of nitrogens with one attached hydrogen (secondary N) is 1. The number of ether oxygens (including phenoxy) is 2. The van der Waals surface area contributed by atoms with Crippen molar-refractivity contribution in [3.05, 3.63) is 35.9 Å². The summed E-state index contributed by atoms with van der Waals surface area (Å²) in [6.45, 7) is 5.08. The molecular formula is C17H24N2O2. The van der Waals surface area contributed by atoms with Crippen LogP contribution >= 0.6 is 0 Å². The monoisotopic (exact) mass is 288 g/mol. The lowest BCUT2D eigenvalue weighted by molar-refractivity contribution is 0.0931. The van der Waals surface area contributed by atoms with Crippen LogP contribution < -0.4 is 5.32 Å². The van der Waals surface area contributed by atoms with Gasteiger partial charge in [0.2, 0.25) is 0 Å². The molecule has 0 aliphatic carbocycles. The predicted octanol–water partition coefficient (Wildman–Crippen LogP) is 3.61. The van der Waals surface area contributed by atoms with Crippen LogP contribution in [0.2, 0.25) is 0 Å². The summed E-state index contributed by atoms with van der Waals surface area (Å²) in [6.07, 6.45) is 1.98. The van der Waals surface area contributed by atoms with E-state index in [1.807, 2.05) is 18.2 Å². The van der Waals surface area contributed by atoms with Gasteiger partial charge >= 0.3 is 0 Å². The summed E-state index contributed by atoms with van der Waals surface area (Å²) < 4.78 is 10.8. The second-order valence-electron chi connectivity index (χ2n) is 5.01. The van der Waals surface area contributed by atoms with Crippen LogP contribution in [-0.2, 0) is 16.1 Å². The molecule has 21 heavy (non-hydrogen) atoms. The smallest absolute Gasteiger partial charge is 0.132 e. The van der Waals surface area contributed by atoms with E-state index in [4.69, 9.17) is 14.5 Å². The molecule has 0 atom stereocenters. The Morgan fingerprint density at radius 3 is 2.86 bits per heavy atom. The number of pyridine rings is 1. The Morgan fingerprint density at radius 2 is 2.05 bits per heavy atom. The van der Waals surface area contributed by atoms with E-state index in [0.717, 1.165) is 48.3 Å². The number of hydrogen-bond donors (Lipinski definition) is 1. The van der Waals surface area contributed by atoms with Crippen molar-refractivity contribution in [1.29, 1.82) is 0 Å². The molecule has 0 spiro atoms. The summed E-state index contributed by atoms with van der Waals surface area (Å²) in [5, 5.41) is 4.54. The Morgan fingerprint density at radius 1 is 1.19 bits per heavy atom. The molecule has 2 aromatic rings. The zero-order valence-electron chi connectivity index (χ0n) is 12.9. The van der Waals surface area contributed by atoms with Crippen LogP contribution in [0, 0.1) is 0 Å². The predicted molar refractivity (Wildman–Crippen MR) is 86.7 cm³/mol. The van der Waals surface area contributed by atoms with Gasteiger partial charge in [0.15, 0.2) is 0 Å². The number of benzene rings is 1. The molecule has 1 heterocycles. The fourth-order valence-electron chi connectivity index (χ4n) is 2.15. The molecule has 0 unspecified atom stereocenters. The van der Waals surface area contributed by atoms with Crippen molar-refractivity contribution in [2.45, 2.75) is 26.4 Å². The zero-order chi connectivity index (χ0) is 14.9. The molecule has 4 heteroatoms. The molecule has 0 saturated carbocycles. The highest BCUT2D eigenvalue weighted by Crippen LogP contribution is 2.21. The van der Waals surface area contributed by atoms with Crippen molar-refractivity contribution in [2.75, 3.05) is 32.2 Å². The van der Waals surface area contributed by atoms with Gasteiger partial charge in [-0.15, -0.1) is 0 Å². The van der Waals surface area contributed by atoms with E-state index in [0.29, 0.717) is 13.2 Å². The summed E-state index contributed by atoms with van der Waals surface area (Å²) in [7, 11) is 1.71. The Balaban J connectivity index is 2.10. The summed E-state index contributed by atoms with van der Waals surface area (Å²) in [5.41, 5.74) is 2.12. The third kappa shape index (κ3) is 4.69. The van der Waals surface area contributed by atoms with Crippen molar-refractivity contribution in [3.8, 4) is 0 Å². The lowest BCUT2D eigenvalue weighted by Gasteiger charge is -2.12. The minimum Gasteiger partial charge on any atom is -0.385 e. The molecule has 0 saturated heterocycles. The Kier molecular flexibility index (Phi) is 6.44. The average Bonchev–Trinajstić information content (AvgIpc) is 2.52. The van der Waals surface area contributed by atoms with Gasteiger partial charge in [-0.25, -0.2) is 4.98 Å². The van der Waals surface area contributed by atoms with Crippen molar-refractivity contribution in [2.24, 2.45) is 0 Å². The number of aromatic nitrogens is 1. The molecule has 0 bridgehead atoms. The van der Waals surface area contributed by atoms with Gasteiger partial charge in [0.25, 0.3) is 0 Å². The minimum atomic E-state index is 0.577. The minimum absolute atomic E-state index is 0.577. The number of para-hydroxylation sites is 1. The highest BCUT2D eigenvalue weighted by molar-refractivity contribution is 5.81. The largest absolute Gasteiger partial charge is 0.385 e. The summed E-state index contributed by atoms with van der Waals surface area (Å²) >= 11 is 0. The molecule has 1 N–H and O–H groups in total. The summed E-state index contributed by atoms with van der Waals surface area (Å²) in [6, 6.07) is 10.3. The molecule has 0 aliphatic rings. The standard InChI is InChI=1S/C17H24N2O2/c1-3-9-18-17-15(13-21-11-6-10-20-2)12-14-7-4-5-8-16(14)19-17/h4-5,7-8,12H,3,6,9-11,13H2,1-2H3,(H,18,19). The number of methoxy groups -OCH3 is 1. The second-order valence-corrected chi connectivity index (χ2v) is 5.01. The van der Waals surface area contributed by atoms with Crippen LogP contribution in [0.15, 0.2) is 30.3 Å². The maximum Gasteiger partial charge on any atom is 0.132 e. The number of nitrogens with zero attached hydrogens (tertiary/aromatic N) is 1. The normalized spacial score (nSPS) is 11.0. The van der Waals surface area contributed by atoms with Gasteiger partial charge in [-0.2, -0.15) is 0 Å². The van der Waals surface area contributed by atoms with Gasteiger partial charge in [-0.05, 0) is 25.0 Å². The van der Waals surface area contributed by atoms with Gasteiger partial charge in [-0.1, -0.05) is 25.1 Å². The highest BCUT2D eigenvalue weighted by atomic mass is 16.5. The zero-order valence-corrected chi connectivity index (χ0v) is 12.9. The second kappa shape index (κ2) is 8.60. The van der Waals surface area contributed by atoms with E-state index >= 15 is 0 Å². The van der Waals surface area contributed by atoms with E-state index in [9.17, 15) is 0 Å². The van der Waals surface area contributed by atoms with Crippen LogP contribution in [0.4, 0.5) is 5.82 Å². The fourth-order valence-corrected chi connectivity index (χ4v) is 2.15. The first-order chi connectivity index (χ1) is 10.3. The van der Waals surface area contributed by atoms with Gasteiger partial charge in [0.05, 0.1) is 12.1 Å². The highest BCUT2D eigenvalue weighted by Gasteiger charge is 2.06. The number of rotatable bonds is 9. The lowest BCUT2D eigenvalue weighted by Crippen LogP contribution is -2.07. The number of fused-ring (bicyclic) bond motifs is 1. The number of anilines is 1. The van der Waals surface area contributed by atoms with E-state index in [-0.39, 0.29) is 0 Å². The quantitative estimate of drug-likeness (QED) is 0.716. The van der Waals surface area contributed by atoms with Gasteiger partial charge in [0.1, 0.15) is 5.82 Å². The van der Waals surface area contributed by atoms with Crippen molar-refractivity contribution >= 4 is 16.7 Å². The molecule has 0 aliphatic heterocycles. The Bertz CT molecular complexity index is 557. The SMILES string of the molecule is CCCNc1nc2ccccc2cc1COCCCOC. The molecule has 0 fully saturated rings. The Hall–Kier alpha value is -1.65. The third-order valence-corrected chi connectivity index (χ3v) is 3.24. The van der Waals surface area contributed by atoms with Gasteiger partial charge in [-0.3, -0.25) is 0 Å². The van der Waals surface area contributed by atoms with Crippen molar-refractivity contribution in [1.82, 2.24) is 4.98 Å². The first-order valence-electron chi connectivity index (χ1n) is 7.54. The maximum atomic E-state index is 5.73. The van der Waals surface area contributed by atoms with E-state index in [1.165, 1.54) is 0 Å². The average molecular weight is 288 g/mol. The van der Waals surface area contributed by atoms with Crippen molar-refractivity contribution in [3.63, 3.8) is 0 Å². The van der Waals surface area contributed by atoms with Crippen LogP contribution in [0.25, 0.3) is 10.9 Å².